The van der Waals surface area contributed by atoms with Gasteiger partial charge in [0.2, 0.25) is 5.91 Å². The summed E-state index contributed by atoms with van der Waals surface area (Å²) in [5.74, 6) is -0.407. The summed E-state index contributed by atoms with van der Waals surface area (Å²) in [6.07, 6.45) is 1.20. The molecule has 134 valence electrons. The molecule has 0 aliphatic carbocycles. The first-order valence-electron chi connectivity index (χ1n) is 8.29. The molecule has 1 aromatic carbocycles. The van der Waals surface area contributed by atoms with Gasteiger partial charge in [0.05, 0.1) is 4.87 Å². The van der Waals surface area contributed by atoms with Gasteiger partial charge in [-0.3, -0.25) is 9.59 Å². The van der Waals surface area contributed by atoms with Crippen molar-refractivity contribution >= 4 is 35.2 Å². The maximum atomic E-state index is 12.3. The number of nitrogens with zero attached hydrogens (tertiary/aromatic N) is 1. The van der Waals surface area contributed by atoms with Gasteiger partial charge in [0.1, 0.15) is 6.04 Å². The fraction of sp³-hybridized carbons (Fsp3) is 0.500. The molecule has 2 amide bonds. The van der Waals surface area contributed by atoms with Crippen molar-refractivity contribution in [3.8, 4) is 0 Å². The predicted octanol–water partition coefficient (Wildman–Crippen LogP) is 2.24. The summed E-state index contributed by atoms with van der Waals surface area (Å²) in [6.45, 7) is 5.52. The SMILES string of the molecule is Cc1cc(C)cc(NC(=O)COC(=O)[C@H]2CS[C@]3(C)CCC(=O)N23)c1. The quantitative estimate of drug-likeness (QED) is 0.832. The number of fused-ring (bicyclic) bond motifs is 1. The van der Waals surface area contributed by atoms with Crippen LogP contribution in [0.25, 0.3) is 0 Å². The summed E-state index contributed by atoms with van der Waals surface area (Å²) in [5, 5.41) is 2.73. The Kier molecular flexibility index (Phi) is 4.77. The average Bonchev–Trinajstić information content (AvgIpc) is 3.01. The van der Waals surface area contributed by atoms with Gasteiger partial charge in [-0.1, -0.05) is 6.07 Å². The lowest BCUT2D eigenvalue weighted by Crippen LogP contribution is -2.47. The number of hydrogen-bond acceptors (Lipinski definition) is 5. The van der Waals surface area contributed by atoms with Crippen LogP contribution >= 0.6 is 11.8 Å². The molecule has 3 rings (SSSR count). The van der Waals surface area contributed by atoms with Crippen LogP contribution in [0.3, 0.4) is 0 Å². The molecule has 2 atom stereocenters. The van der Waals surface area contributed by atoms with Crippen LogP contribution in [0.2, 0.25) is 0 Å². The second-order valence-electron chi connectivity index (χ2n) is 6.80. The van der Waals surface area contributed by atoms with E-state index in [-0.39, 0.29) is 23.3 Å². The first-order chi connectivity index (χ1) is 11.8. The summed E-state index contributed by atoms with van der Waals surface area (Å²) >= 11 is 1.60. The standard InChI is InChI=1S/C18H22N2O4S/c1-11-6-12(2)8-13(7-11)19-15(21)9-24-17(23)14-10-25-18(3)5-4-16(22)20(14)18/h6-8,14H,4-5,9-10H2,1-3H3,(H,19,21)/t14-,18-/m1/s1. The molecular weight excluding hydrogens is 340 g/mol. The Morgan fingerprint density at radius 2 is 2.00 bits per heavy atom. The smallest absolute Gasteiger partial charge is 0.330 e. The Balaban J connectivity index is 1.55. The van der Waals surface area contributed by atoms with Crippen molar-refractivity contribution in [1.82, 2.24) is 4.90 Å². The zero-order valence-electron chi connectivity index (χ0n) is 14.6. The van der Waals surface area contributed by atoms with Crippen LogP contribution in [0, 0.1) is 13.8 Å². The molecule has 2 fully saturated rings. The molecule has 0 radical (unpaired) electrons. The van der Waals surface area contributed by atoms with Crippen LogP contribution < -0.4 is 5.32 Å². The van der Waals surface area contributed by atoms with Crippen molar-refractivity contribution in [2.45, 2.75) is 44.5 Å². The van der Waals surface area contributed by atoms with E-state index in [9.17, 15) is 14.4 Å². The summed E-state index contributed by atoms with van der Waals surface area (Å²) in [5.41, 5.74) is 2.77. The van der Waals surface area contributed by atoms with E-state index in [4.69, 9.17) is 4.74 Å². The molecule has 7 heteroatoms. The van der Waals surface area contributed by atoms with Crippen LogP contribution in [0.5, 0.6) is 0 Å². The lowest BCUT2D eigenvalue weighted by molar-refractivity contribution is -0.155. The third-order valence-corrected chi connectivity index (χ3v) is 6.07. The van der Waals surface area contributed by atoms with E-state index in [2.05, 4.69) is 5.32 Å². The highest BCUT2D eigenvalue weighted by Gasteiger charge is 2.53. The number of anilines is 1. The monoisotopic (exact) mass is 362 g/mol. The summed E-state index contributed by atoms with van der Waals surface area (Å²) in [7, 11) is 0. The van der Waals surface area contributed by atoms with Gasteiger partial charge in [0.25, 0.3) is 5.91 Å². The minimum Gasteiger partial charge on any atom is -0.454 e. The minimum absolute atomic E-state index is 0.0193. The summed E-state index contributed by atoms with van der Waals surface area (Å²) in [6, 6.07) is 5.12. The molecular formula is C18H22N2O4S. The Labute approximate surface area is 151 Å². The second-order valence-corrected chi connectivity index (χ2v) is 8.30. The van der Waals surface area contributed by atoms with Gasteiger partial charge in [-0.15, -0.1) is 11.8 Å². The highest BCUT2D eigenvalue weighted by molar-refractivity contribution is 8.01. The van der Waals surface area contributed by atoms with Gasteiger partial charge in [-0.05, 0) is 50.5 Å². The largest absolute Gasteiger partial charge is 0.454 e. The first-order valence-corrected chi connectivity index (χ1v) is 9.28. The molecule has 2 aliphatic heterocycles. The molecule has 1 N–H and O–H groups in total. The van der Waals surface area contributed by atoms with Gasteiger partial charge in [0, 0.05) is 17.9 Å². The number of aryl methyl sites for hydroxylation is 2. The topological polar surface area (TPSA) is 75.7 Å². The van der Waals surface area contributed by atoms with Crippen molar-refractivity contribution in [2.75, 3.05) is 17.7 Å². The van der Waals surface area contributed by atoms with Crippen LogP contribution in [0.1, 0.15) is 30.9 Å². The summed E-state index contributed by atoms with van der Waals surface area (Å²) < 4.78 is 5.16. The Morgan fingerprint density at radius 3 is 2.68 bits per heavy atom. The third-order valence-electron chi connectivity index (χ3n) is 4.57. The van der Waals surface area contributed by atoms with E-state index >= 15 is 0 Å². The molecule has 0 saturated carbocycles. The number of ether oxygens (including phenoxy) is 1. The number of carbonyl (C=O) groups excluding carboxylic acids is 3. The number of benzene rings is 1. The number of rotatable bonds is 4. The third kappa shape index (κ3) is 3.66. The molecule has 0 bridgehead atoms. The maximum absolute atomic E-state index is 12.3. The van der Waals surface area contributed by atoms with Gasteiger partial charge >= 0.3 is 5.97 Å². The molecule has 0 aromatic heterocycles. The molecule has 25 heavy (non-hydrogen) atoms. The molecule has 0 spiro atoms. The van der Waals surface area contributed by atoms with Crippen molar-refractivity contribution in [1.29, 1.82) is 0 Å². The zero-order valence-corrected chi connectivity index (χ0v) is 15.4. The number of thioether (sulfide) groups is 1. The van der Waals surface area contributed by atoms with Crippen molar-refractivity contribution in [3.05, 3.63) is 29.3 Å². The van der Waals surface area contributed by atoms with E-state index in [1.807, 2.05) is 39.0 Å². The van der Waals surface area contributed by atoms with Crippen molar-refractivity contribution in [3.63, 3.8) is 0 Å². The minimum atomic E-state index is -0.598. The van der Waals surface area contributed by atoms with Crippen LogP contribution in [-0.2, 0) is 19.1 Å². The van der Waals surface area contributed by atoms with Crippen LogP contribution in [0.4, 0.5) is 5.69 Å². The Bertz CT molecular complexity index is 716. The van der Waals surface area contributed by atoms with Gasteiger partial charge in [0.15, 0.2) is 6.61 Å². The van der Waals surface area contributed by atoms with E-state index < -0.39 is 12.0 Å². The number of esters is 1. The van der Waals surface area contributed by atoms with Gasteiger partial charge < -0.3 is 15.0 Å². The molecule has 1 aromatic rings. The summed E-state index contributed by atoms with van der Waals surface area (Å²) in [4.78, 5) is 37.7. The maximum Gasteiger partial charge on any atom is 0.330 e. The number of carbonyl (C=O) groups is 3. The van der Waals surface area contributed by atoms with E-state index in [0.29, 0.717) is 17.9 Å². The first kappa shape index (κ1) is 17.8. The number of hydrogen-bond donors (Lipinski definition) is 1. The van der Waals surface area contributed by atoms with Crippen LogP contribution in [-0.4, -0.2) is 46.0 Å². The normalized spacial score (nSPS) is 25.0. The number of amides is 2. The molecule has 2 heterocycles. The lowest BCUT2D eigenvalue weighted by atomic mass is 10.1. The molecule has 0 unspecified atom stereocenters. The zero-order chi connectivity index (χ0) is 18.2. The second kappa shape index (κ2) is 6.71. The predicted molar refractivity (Wildman–Crippen MR) is 96.2 cm³/mol. The fourth-order valence-corrected chi connectivity index (χ4v) is 4.89. The van der Waals surface area contributed by atoms with Crippen molar-refractivity contribution < 1.29 is 19.1 Å². The molecule has 2 saturated heterocycles. The van der Waals surface area contributed by atoms with Crippen molar-refractivity contribution in [2.24, 2.45) is 0 Å². The van der Waals surface area contributed by atoms with Gasteiger partial charge in [-0.2, -0.15) is 0 Å². The highest BCUT2D eigenvalue weighted by atomic mass is 32.2. The Morgan fingerprint density at radius 1 is 1.32 bits per heavy atom. The van der Waals surface area contributed by atoms with E-state index in [1.165, 1.54) is 0 Å². The Hall–Kier alpha value is -2.02. The fourth-order valence-electron chi connectivity index (χ4n) is 3.47. The van der Waals surface area contributed by atoms with Gasteiger partial charge in [-0.25, -0.2) is 4.79 Å². The lowest BCUT2D eigenvalue weighted by Gasteiger charge is -2.29. The highest BCUT2D eigenvalue weighted by Crippen LogP contribution is 2.47. The van der Waals surface area contributed by atoms with E-state index in [0.717, 1.165) is 17.5 Å². The average molecular weight is 362 g/mol. The van der Waals surface area contributed by atoms with E-state index in [1.54, 1.807) is 16.7 Å². The number of nitrogens with one attached hydrogen (secondary N) is 1. The van der Waals surface area contributed by atoms with Crippen LogP contribution in [0.15, 0.2) is 18.2 Å². The molecule has 2 aliphatic rings. The molecule has 6 nitrogen and oxygen atoms in total.